The fourth-order valence-electron chi connectivity index (χ4n) is 2.78. The molecule has 0 aromatic heterocycles. The molecular weight excluding hydrogens is 242 g/mol. The van der Waals surface area contributed by atoms with Gasteiger partial charge in [-0.05, 0) is 38.8 Å². The van der Waals surface area contributed by atoms with Crippen molar-refractivity contribution < 1.29 is 4.92 Å². The number of hydrogen-bond acceptors (Lipinski definition) is 4. The lowest BCUT2D eigenvalue weighted by atomic mass is 10.00. The number of rotatable bonds is 5. The topological polar surface area (TPSA) is 67.2 Å². The standard InChI is InChI=1S/C14H21N3O2/c1-3-15-11-7-6-8-12(13(11)17(18)19)16-14(2)9-4-5-10-14/h6-8,15-16H,3-5,9-10H2,1-2H3. The van der Waals surface area contributed by atoms with Gasteiger partial charge in [0.2, 0.25) is 0 Å². The average molecular weight is 263 g/mol. The highest BCUT2D eigenvalue weighted by molar-refractivity contribution is 5.76. The summed E-state index contributed by atoms with van der Waals surface area (Å²) >= 11 is 0. The third kappa shape index (κ3) is 2.97. The molecule has 0 aliphatic heterocycles. The zero-order valence-electron chi connectivity index (χ0n) is 11.5. The average Bonchev–Trinajstić information content (AvgIpc) is 2.76. The number of nitro groups is 1. The van der Waals surface area contributed by atoms with Crippen LogP contribution in [0.2, 0.25) is 0 Å². The first-order valence-electron chi connectivity index (χ1n) is 6.85. The van der Waals surface area contributed by atoms with E-state index < -0.39 is 0 Å². The van der Waals surface area contributed by atoms with Gasteiger partial charge in [-0.3, -0.25) is 10.1 Å². The first-order valence-corrected chi connectivity index (χ1v) is 6.85. The first kappa shape index (κ1) is 13.6. The van der Waals surface area contributed by atoms with Crippen LogP contribution in [-0.2, 0) is 0 Å². The molecule has 1 aromatic carbocycles. The van der Waals surface area contributed by atoms with Crippen molar-refractivity contribution in [3.63, 3.8) is 0 Å². The van der Waals surface area contributed by atoms with Crippen molar-refractivity contribution in [3.8, 4) is 0 Å². The molecule has 5 nitrogen and oxygen atoms in total. The van der Waals surface area contributed by atoms with Gasteiger partial charge in [0, 0.05) is 12.1 Å². The van der Waals surface area contributed by atoms with Gasteiger partial charge in [0.15, 0.2) is 0 Å². The number of anilines is 2. The maximum absolute atomic E-state index is 11.3. The van der Waals surface area contributed by atoms with Gasteiger partial charge in [-0.25, -0.2) is 0 Å². The van der Waals surface area contributed by atoms with Gasteiger partial charge in [0.05, 0.1) is 4.92 Å². The van der Waals surface area contributed by atoms with Crippen molar-refractivity contribution in [2.45, 2.75) is 45.1 Å². The Morgan fingerprint density at radius 2 is 1.95 bits per heavy atom. The summed E-state index contributed by atoms with van der Waals surface area (Å²) in [5.41, 5.74) is 1.33. The molecular formula is C14H21N3O2. The number of para-hydroxylation sites is 1. The Labute approximate surface area is 113 Å². The zero-order valence-corrected chi connectivity index (χ0v) is 11.5. The largest absolute Gasteiger partial charge is 0.380 e. The minimum Gasteiger partial charge on any atom is -0.380 e. The zero-order chi connectivity index (χ0) is 13.9. The summed E-state index contributed by atoms with van der Waals surface area (Å²) in [7, 11) is 0. The molecule has 1 fully saturated rings. The van der Waals surface area contributed by atoms with E-state index in [2.05, 4.69) is 17.6 Å². The van der Waals surface area contributed by atoms with Crippen LogP contribution in [0.1, 0.15) is 39.5 Å². The van der Waals surface area contributed by atoms with E-state index in [1.165, 1.54) is 12.8 Å². The summed E-state index contributed by atoms with van der Waals surface area (Å²) in [5, 5.41) is 17.8. The van der Waals surface area contributed by atoms with Crippen molar-refractivity contribution in [2.75, 3.05) is 17.2 Å². The van der Waals surface area contributed by atoms with Crippen LogP contribution in [0.5, 0.6) is 0 Å². The molecule has 0 atom stereocenters. The molecule has 2 N–H and O–H groups in total. The minimum atomic E-state index is -0.307. The lowest BCUT2D eigenvalue weighted by Crippen LogP contribution is -2.31. The molecule has 1 aliphatic carbocycles. The van der Waals surface area contributed by atoms with Gasteiger partial charge in [-0.2, -0.15) is 0 Å². The van der Waals surface area contributed by atoms with Crippen LogP contribution in [0.15, 0.2) is 18.2 Å². The summed E-state index contributed by atoms with van der Waals surface area (Å²) in [4.78, 5) is 11.0. The van der Waals surface area contributed by atoms with E-state index in [-0.39, 0.29) is 16.1 Å². The normalized spacial score (nSPS) is 17.2. The van der Waals surface area contributed by atoms with Gasteiger partial charge in [-0.1, -0.05) is 18.9 Å². The van der Waals surface area contributed by atoms with E-state index in [0.717, 1.165) is 12.8 Å². The van der Waals surface area contributed by atoms with Crippen molar-refractivity contribution in [1.82, 2.24) is 0 Å². The Balaban J connectivity index is 2.33. The predicted octanol–water partition coefficient (Wildman–Crippen LogP) is 3.77. The fraction of sp³-hybridized carbons (Fsp3) is 0.571. The smallest absolute Gasteiger partial charge is 0.315 e. The lowest BCUT2D eigenvalue weighted by molar-refractivity contribution is -0.383. The van der Waals surface area contributed by atoms with Gasteiger partial charge < -0.3 is 10.6 Å². The molecule has 0 spiro atoms. The molecule has 5 heteroatoms. The molecule has 104 valence electrons. The van der Waals surface area contributed by atoms with Crippen LogP contribution in [0, 0.1) is 10.1 Å². The van der Waals surface area contributed by atoms with Crippen LogP contribution >= 0.6 is 0 Å². The van der Waals surface area contributed by atoms with E-state index in [1.807, 2.05) is 13.0 Å². The second kappa shape index (κ2) is 5.47. The van der Waals surface area contributed by atoms with Gasteiger partial charge in [0.1, 0.15) is 11.4 Å². The molecule has 1 aliphatic rings. The number of benzene rings is 1. The molecule has 1 saturated carbocycles. The van der Waals surface area contributed by atoms with Gasteiger partial charge in [0.25, 0.3) is 0 Å². The molecule has 1 aromatic rings. The SMILES string of the molecule is CCNc1cccc(NC2(C)CCCC2)c1[N+](=O)[O-]. The number of hydrogen-bond donors (Lipinski definition) is 2. The maximum atomic E-state index is 11.3. The summed E-state index contributed by atoms with van der Waals surface area (Å²) in [5.74, 6) is 0. The number of nitro benzene ring substituents is 1. The molecule has 0 radical (unpaired) electrons. The highest BCUT2D eigenvalue weighted by Crippen LogP contribution is 2.38. The Kier molecular flexibility index (Phi) is 3.93. The third-order valence-electron chi connectivity index (χ3n) is 3.73. The molecule has 19 heavy (non-hydrogen) atoms. The first-order chi connectivity index (χ1) is 9.06. The van der Waals surface area contributed by atoms with Crippen LogP contribution < -0.4 is 10.6 Å². The molecule has 0 bridgehead atoms. The van der Waals surface area contributed by atoms with E-state index >= 15 is 0 Å². The van der Waals surface area contributed by atoms with E-state index in [4.69, 9.17) is 0 Å². The number of nitrogens with one attached hydrogen (secondary N) is 2. The van der Waals surface area contributed by atoms with Crippen LogP contribution in [-0.4, -0.2) is 17.0 Å². The second-order valence-corrected chi connectivity index (χ2v) is 5.38. The van der Waals surface area contributed by atoms with Gasteiger partial charge >= 0.3 is 5.69 Å². The Morgan fingerprint density at radius 1 is 1.32 bits per heavy atom. The van der Waals surface area contributed by atoms with Crippen molar-refractivity contribution in [2.24, 2.45) is 0 Å². The van der Waals surface area contributed by atoms with E-state index in [9.17, 15) is 10.1 Å². The maximum Gasteiger partial charge on any atom is 0.315 e. The fourth-order valence-corrected chi connectivity index (χ4v) is 2.78. The third-order valence-corrected chi connectivity index (χ3v) is 3.73. The van der Waals surface area contributed by atoms with Gasteiger partial charge in [-0.15, -0.1) is 0 Å². The summed E-state index contributed by atoms with van der Waals surface area (Å²) in [6.45, 7) is 4.74. The second-order valence-electron chi connectivity index (χ2n) is 5.38. The minimum absolute atomic E-state index is 0.0183. The Hall–Kier alpha value is -1.78. The van der Waals surface area contributed by atoms with Crippen LogP contribution in [0.25, 0.3) is 0 Å². The lowest BCUT2D eigenvalue weighted by Gasteiger charge is -2.26. The van der Waals surface area contributed by atoms with Crippen molar-refractivity contribution in [1.29, 1.82) is 0 Å². The van der Waals surface area contributed by atoms with E-state index in [1.54, 1.807) is 12.1 Å². The molecule has 0 unspecified atom stereocenters. The molecule has 0 amide bonds. The van der Waals surface area contributed by atoms with E-state index in [0.29, 0.717) is 17.9 Å². The Bertz CT molecular complexity index is 468. The highest BCUT2D eigenvalue weighted by atomic mass is 16.6. The van der Waals surface area contributed by atoms with Crippen LogP contribution in [0.4, 0.5) is 17.1 Å². The molecule has 2 rings (SSSR count). The summed E-state index contributed by atoms with van der Waals surface area (Å²) in [6.07, 6.45) is 4.50. The quantitative estimate of drug-likeness (QED) is 0.626. The highest BCUT2D eigenvalue weighted by Gasteiger charge is 2.31. The monoisotopic (exact) mass is 263 g/mol. The molecule has 0 heterocycles. The Morgan fingerprint density at radius 3 is 2.53 bits per heavy atom. The number of nitrogens with zero attached hydrogens (tertiary/aromatic N) is 1. The molecule has 0 saturated heterocycles. The van der Waals surface area contributed by atoms with Crippen molar-refractivity contribution >= 4 is 17.1 Å². The van der Waals surface area contributed by atoms with Crippen LogP contribution in [0.3, 0.4) is 0 Å². The van der Waals surface area contributed by atoms with Crippen molar-refractivity contribution in [3.05, 3.63) is 28.3 Å². The summed E-state index contributed by atoms with van der Waals surface area (Å²) < 4.78 is 0. The predicted molar refractivity (Wildman–Crippen MR) is 77.8 cm³/mol. The summed E-state index contributed by atoms with van der Waals surface area (Å²) in [6, 6.07) is 5.40.